The van der Waals surface area contributed by atoms with E-state index in [2.05, 4.69) is 25.8 Å². The summed E-state index contributed by atoms with van der Waals surface area (Å²) in [7, 11) is -4.76. The van der Waals surface area contributed by atoms with Gasteiger partial charge in [-0.05, 0) is 61.0 Å². The first-order valence-electron chi connectivity index (χ1n) is 13.9. The van der Waals surface area contributed by atoms with Crippen LogP contribution in [-0.2, 0) is 39.8 Å². The van der Waals surface area contributed by atoms with Crippen molar-refractivity contribution in [3.8, 4) is 5.75 Å². The number of phosphoric ester groups is 1. The highest BCUT2D eigenvalue weighted by atomic mass is 32.2. The number of phosphoric acid groups is 1. The standard InChI is InChI=1S/C26H40N5O13PS2/c1-46-9-7-17(28-22(35)16(27)11-14-3-5-15(6-4-14)44-45(41,42)43)23(36)30-19(12-21(33)34)25(38)29-18(8-10-47-2)24(37)31-20(13-32)26(39)40/h3-6,16-20,32H,7-13,27H2,1-2H3,(H,28,35)(H,29,38)(H,30,36)(H,31,37)(H,33,34)(H,39,40)(H2,41,42,43)/t16-,17-,18-,19-,20-/m0/s1. The predicted molar refractivity (Wildman–Crippen MR) is 171 cm³/mol. The molecule has 0 aliphatic carbocycles. The lowest BCUT2D eigenvalue weighted by Gasteiger charge is -2.25. The third kappa shape index (κ3) is 16.3. The van der Waals surface area contributed by atoms with Gasteiger partial charge < -0.3 is 46.8 Å². The van der Waals surface area contributed by atoms with E-state index in [1.54, 1.807) is 12.5 Å². The molecule has 11 N–H and O–H groups in total. The zero-order valence-electron chi connectivity index (χ0n) is 25.5. The number of hydrogen-bond acceptors (Lipinski definition) is 12. The van der Waals surface area contributed by atoms with Crippen LogP contribution in [0.2, 0.25) is 0 Å². The molecule has 21 heteroatoms. The molecule has 0 aromatic heterocycles. The Morgan fingerprint density at radius 2 is 1.23 bits per heavy atom. The molecular weight excluding hydrogens is 685 g/mol. The minimum atomic E-state index is -4.76. The zero-order valence-corrected chi connectivity index (χ0v) is 28.0. The summed E-state index contributed by atoms with van der Waals surface area (Å²) in [6, 6.07) is -1.71. The van der Waals surface area contributed by atoms with E-state index in [1.165, 1.54) is 47.8 Å². The van der Waals surface area contributed by atoms with Crippen molar-refractivity contribution in [1.29, 1.82) is 0 Å². The van der Waals surface area contributed by atoms with E-state index in [0.717, 1.165) is 0 Å². The number of benzene rings is 1. The molecule has 264 valence electrons. The Balaban J connectivity index is 3.05. The average molecular weight is 726 g/mol. The third-order valence-electron chi connectivity index (χ3n) is 6.24. The average Bonchev–Trinajstić information content (AvgIpc) is 2.98. The van der Waals surface area contributed by atoms with Crippen molar-refractivity contribution in [3.05, 3.63) is 29.8 Å². The highest BCUT2D eigenvalue weighted by molar-refractivity contribution is 7.98. The second-order valence-corrected chi connectivity index (χ2v) is 13.1. The molecule has 0 fully saturated rings. The van der Waals surface area contributed by atoms with Gasteiger partial charge in [-0.2, -0.15) is 23.5 Å². The number of carboxylic acids is 2. The Morgan fingerprint density at radius 3 is 1.66 bits per heavy atom. The summed E-state index contributed by atoms with van der Waals surface area (Å²) in [5, 5.41) is 37.0. The first-order valence-corrected chi connectivity index (χ1v) is 18.2. The van der Waals surface area contributed by atoms with E-state index in [1.807, 2.05) is 0 Å². The Hall–Kier alpha value is -3.39. The summed E-state index contributed by atoms with van der Waals surface area (Å²) in [5.74, 6) is -6.06. The molecule has 1 aromatic carbocycles. The summed E-state index contributed by atoms with van der Waals surface area (Å²) in [6.07, 6.45) is 2.60. The van der Waals surface area contributed by atoms with Crippen LogP contribution < -0.4 is 31.5 Å². The predicted octanol–water partition coefficient (Wildman–Crippen LogP) is -1.98. The van der Waals surface area contributed by atoms with Gasteiger partial charge in [0.2, 0.25) is 23.6 Å². The van der Waals surface area contributed by atoms with Crippen LogP contribution in [0.3, 0.4) is 0 Å². The second-order valence-electron chi connectivity index (χ2n) is 9.96. The number of carboxylic acid groups (broad SMARTS) is 2. The quantitative estimate of drug-likeness (QED) is 0.0580. The fourth-order valence-electron chi connectivity index (χ4n) is 3.84. The second kappa shape index (κ2) is 20.8. The molecule has 47 heavy (non-hydrogen) atoms. The molecule has 0 aliphatic heterocycles. The summed E-state index contributed by atoms with van der Waals surface area (Å²) < 4.78 is 15.5. The number of nitrogens with one attached hydrogen (secondary N) is 4. The number of carbonyl (C=O) groups excluding carboxylic acids is 4. The smallest absolute Gasteiger partial charge is 0.481 e. The van der Waals surface area contributed by atoms with Gasteiger partial charge in [0.05, 0.1) is 19.1 Å². The van der Waals surface area contributed by atoms with Crippen molar-refractivity contribution in [1.82, 2.24) is 21.3 Å². The van der Waals surface area contributed by atoms with Crippen LogP contribution in [0.4, 0.5) is 0 Å². The van der Waals surface area contributed by atoms with Crippen LogP contribution in [-0.4, -0.2) is 122 Å². The molecule has 0 unspecified atom stereocenters. The van der Waals surface area contributed by atoms with Gasteiger partial charge in [0, 0.05) is 0 Å². The fourth-order valence-corrected chi connectivity index (χ4v) is 5.18. The number of carbonyl (C=O) groups is 6. The summed E-state index contributed by atoms with van der Waals surface area (Å²) in [6.45, 7) is -0.921. The Kier molecular flexibility index (Phi) is 18.4. The molecule has 4 amide bonds. The number of nitrogens with two attached hydrogens (primary N) is 1. The highest BCUT2D eigenvalue weighted by Crippen LogP contribution is 2.37. The topological polar surface area (TPSA) is 304 Å². The highest BCUT2D eigenvalue weighted by Gasteiger charge is 2.32. The number of hydrogen-bond donors (Lipinski definition) is 10. The number of aliphatic carboxylic acids is 2. The van der Waals surface area contributed by atoms with Crippen LogP contribution in [0.25, 0.3) is 0 Å². The maximum atomic E-state index is 13.3. The number of aliphatic hydroxyl groups is 1. The number of thioether (sulfide) groups is 2. The Labute approximate surface area is 278 Å². The lowest BCUT2D eigenvalue weighted by molar-refractivity contribution is -0.144. The van der Waals surface area contributed by atoms with Gasteiger partial charge in [-0.1, -0.05) is 12.1 Å². The van der Waals surface area contributed by atoms with Gasteiger partial charge in [0.15, 0.2) is 0 Å². The molecule has 18 nitrogen and oxygen atoms in total. The van der Waals surface area contributed by atoms with Crippen LogP contribution in [0, 0.1) is 0 Å². The largest absolute Gasteiger partial charge is 0.524 e. The van der Waals surface area contributed by atoms with Gasteiger partial charge in [-0.15, -0.1) is 0 Å². The van der Waals surface area contributed by atoms with E-state index >= 15 is 0 Å². The van der Waals surface area contributed by atoms with Gasteiger partial charge in [-0.3, -0.25) is 33.8 Å². The Bertz CT molecular complexity index is 1280. The zero-order chi connectivity index (χ0) is 35.7. The van der Waals surface area contributed by atoms with Crippen molar-refractivity contribution in [2.24, 2.45) is 5.73 Å². The first kappa shape index (κ1) is 41.6. The maximum Gasteiger partial charge on any atom is 0.524 e. The van der Waals surface area contributed by atoms with Crippen LogP contribution in [0.5, 0.6) is 5.75 Å². The summed E-state index contributed by atoms with van der Waals surface area (Å²) in [5.41, 5.74) is 6.53. The van der Waals surface area contributed by atoms with Gasteiger partial charge in [-0.25, -0.2) is 9.36 Å². The van der Waals surface area contributed by atoms with Gasteiger partial charge in [0.25, 0.3) is 0 Å². The molecule has 0 saturated carbocycles. The molecule has 0 aliphatic rings. The summed E-state index contributed by atoms with van der Waals surface area (Å²) >= 11 is 2.65. The van der Waals surface area contributed by atoms with Crippen LogP contribution in [0.15, 0.2) is 24.3 Å². The van der Waals surface area contributed by atoms with Crippen LogP contribution in [0.1, 0.15) is 24.8 Å². The maximum absolute atomic E-state index is 13.3. The number of aliphatic hydroxyl groups excluding tert-OH is 1. The number of amides is 4. The van der Waals surface area contributed by atoms with E-state index < -0.39 is 86.6 Å². The van der Waals surface area contributed by atoms with Crippen molar-refractivity contribution in [2.75, 3.05) is 30.6 Å². The lowest BCUT2D eigenvalue weighted by Crippen LogP contribution is -2.59. The van der Waals surface area contributed by atoms with E-state index in [9.17, 15) is 43.5 Å². The van der Waals surface area contributed by atoms with Crippen molar-refractivity contribution in [2.45, 2.75) is 55.9 Å². The molecule has 0 saturated heterocycles. The van der Waals surface area contributed by atoms with Crippen LogP contribution >= 0.6 is 31.3 Å². The first-order chi connectivity index (χ1) is 22.0. The summed E-state index contributed by atoms with van der Waals surface area (Å²) in [4.78, 5) is 92.7. The molecule has 1 aromatic rings. The SMILES string of the molecule is CSCC[C@H](NC(=O)[C@H](CC(=O)O)NC(=O)[C@H](CCSC)NC(=O)[C@@H](N)Cc1ccc(OP(=O)(O)O)cc1)C(=O)N[C@@H](CO)C(=O)O. The lowest BCUT2D eigenvalue weighted by atomic mass is 10.0. The van der Waals surface area contributed by atoms with E-state index in [4.69, 9.17) is 20.6 Å². The number of rotatable bonds is 22. The normalized spacial score (nSPS) is 14.4. The third-order valence-corrected chi connectivity index (χ3v) is 7.97. The molecular formula is C26H40N5O13PS2. The fraction of sp³-hybridized carbons (Fsp3) is 0.538. The molecule has 0 radical (unpaired) electrons. The van der Waals surface area contributed by atoms with Gasteiger partial charge >= 0.3 is 19.8 Å². The molecule has 0 spiro atoms. The van der Waals surface area contributed by atoms with Gasteiger partial charge in [0.1, 0.15) is 29.9 Å². The molecule has 0 bridgehead atoms. The molecule has 5 atom stereocenters. The van der Waals surface area contributed by atoms with Crippen molar-refractivity contribution < 1.29 is 63.0 Å². The van der Waals surface area contributed by atoms with Crippen molar-refractivity contribution in [3.63, 3.8) is 0 Å². The minimum absolute atomic E-state index is 0.00790. The Morgan fingerprint density at radius 1 is 0.787 bits per heavy atom. The van der Waals surface area contributed by atoms with E-state index in [-0.39, 0.29) is 25.0 Å². The van der Waals surface area contributed by atoms with Crippen molar-refractivity contribution >= 4 is 66.9 Å². The molecule has 1 rings (SSSR count). The van der Waals surface area contributed by atoms with E-state index in [0.29, 0.717) is 17.1 Å². The monoisotopic (exact) mass is 725 g/mol. The minimum Gasteiger partial charge on any atom is -0.481 e. The molecule has 0 heterocycles.